The summed E-state index contributed by atoms with van der Waals surface area (Å²) < 4.78 is 0. The minimum atomic E-state index is 0. The largest absolute Gasteiger partial charge is 5.00 e. The predicted molar refractivity (Wildman–Crippen MR) is 3.43 cm³/mol. The van der Waals surface area contributed by atoms with E-state index in [1.54, 1.807) is 0 Å². The van der Waals surface area contributed by atoms with Gasteiger partial charge in [-0.2, -0.15) is 0 Å². The van der Waals surface area contributed by atoms with E-state index in [9.17, 15) is 0 Å². The van der Waals surface area contributed by atoms with Crippen LogP contribution in [0, 0.1) is 0 Å². The summed E-state index contributed by atoms with van der Waals surface area (Å²) in [5.41, 5.74) is 0. The van der Waals surface area contributed by atoms with Gasteiger partial charge in [0, 0.05) is 44.8 Å². The van der Waals surface area contributed by atoms with Crippen LogP contribution in [-0.4, -0.2) is 0 Å². The molecule has 0 amide bonds. The average molecular weight is 628 g/mol. The van der Waals surface area contributed by atoms with E-state index < -0.39 is 0 Å². The van der Waals surface area contributed by atoms with Crippen LogP contribution in [0.25, 0.3) is 0 Å². The molecule has 0 rings (SSSR count). The first-order chi connectivity index (χ1) is 0. The number of rotatable bonds is 0. The Bertz CT molecular complexity index is 12.9. The molecule has 9 heavy (non-hydrogen) atoms. The van der Waals surface area contributed by atoms with Gasteiger partial charge in [0.15, 0.2) is 0 Å². The normalized spacial score (nSPS) is 0. The minimum absolute atomic E-state index is 0. The molecule has 0 heterocycles. The first-order valence-electron chi connectivity index (χ1n) is 0. The molecular weight excluding hydrogens is 628 g/mol. The maximum absolute atomic E-state index is 0. The molecule has 0 aromatic carbocycles. The van der Waals surface area contributed by atoms with Crippen molar-refractivity contribution in [1.29, 1.82) is 0 Å². The summed E-state index contributed by atoms with van der Waals surface area (Å²) in [5.74, 6) is 0. The topological polar surface area (TPSA) is 142 Å². The van der Waals surface area contributed by atoms with Gasteiger partial charge in [-0.1, -0.05) is 0 Å². The maximum atomic E-state index is 0. The van der Waals surface area contributed by atoms with E-state index in [-0.39, 0.29) is 117 Å². The van der Waals surface area contributed by atoms with Crippen molar-refractivity contribution in [3.05, 3.63) is 0 Å². The third-order valence-electron chi connectivity index (χ3n) is 0. The summed E-state index contributed by atoms with van der Waals surface area (Å²) in [4.78, 5) is 0. The Morgan fingerprint density at radius 3 is 0.333 bits per heavy atom. The average Bonchev–Trinajstić information content (AvgIpc) is 0. The van der Waals surface area contributed by atoms with E-state index >= 15 is 0 Å². The maximum Gasteiger partial charge on any atom is 5.00 e. The van der Waals surface area contributed by atoms with Gasteiger partial charge in [-0.3, -0.25) is 0 Å². The van der Waals surface area contributed by atoms with Crippen LogP contribution < -0.4 is 0 Å². The summed E-state index contributed by atoms with van der Waals surface area (Å²) in [6, 6.07) is 0. The Labute approximate surface area is 115 Å². The molecule has 0 aliphatic rings. The molecule has 0 fully saturated rings. The monoisotopic (exact) mass is 628 g/mol. The second-order valence-corrected chi connectivity index (χ2v) is 0. The van der Waals surface area contributed by atoms with E-state index in [1.807, 2.05) is 0 Å². The van der Waals surface area contributed by atoms with Crippen molar-refractivity contribution in [2.24, 2.45) is 0 Å². The van der Waals surface area contributed by atoms with Gasteiger partial charge in [-0.15, -0.1) is 0 Å². The van der Waals surface area contributed by atoms with Gasteiger partial charge in [0.05, 0.1) is 0 Å². The van der Waals surface area contributed by atoms with Gasteiger partial charge in [-0.05, 0) is 0 Å². The van der Waals surface area contributed by atoms with Gasteiger partial charge in [0.2, 0.25) is 0 Å². The Hall–Kier alpha value is 2.76. The molecule has 0 aromatic rings. The Balaban J connectivity index is 0. The summed E-state index contributed by atoms with van der Waals surface area (Å²) in [6.45, 7) is 0. The summed E-state index contributed by atoms with van der Waals surface area (Å²) in [6.07, 6.45) is 0. The van der Waals surface area contributed by atoms with Crippen molar-refractivity contribution in [2.75, 3.05) is 0 Å². The zero-order chi connectivity index (χ0) is 0. The van der Waals surface area contributed by atoms with Crippen molar-refractivity contribution in [1.82, 2.24) is 0 Å². The third-order valence-corrected chi connectivity index (χ3v) is 0. The molecule has 0 spiro atoms. The molecule has 0 bridgehead atoms. The van der Waals surface area contributed by atoms with Crippen LogP contribution in [0.15, 0.2) is 0 Å². The third kappa shape index (κ3) is 108. The van der Waals surface area contributed by atoms with Crippen molar-refractivity contribution in [2.45, 2.75) is 0 Å². The van der Waals surface area contributed by atoms with Crippen LogP contribution >= 0.6 is 0 Å². The molecule has 5 nitrogen and oxygen atoms in total. The van der Waals surface area contributed by atoms with Gasteiger partial charge in [0.25, 0.3) is 0 Å². The molecule has 0 aromatic heterocycles. The second kappa shape index (κ2) is 134. The molecule has 2 radical (unpaired) electrons. The van der Waals surface area contributed by atoms with Crippen molar-refractivity contribution < 1.29 is 117 Å². The number of hydrogen-bond acceptors (Lipinski definition) is 0. The smallest absolute Gasteiger partial charge is 2.00 e. The molecule has 0 saturated carbocycles. The molecule has 0 unspecified atom stereocenters. The quantitative estimate of drug-likeness (QED) is 0.316. The summed E-state index contributed by atoms with van der Waals surface area (Å²) in [7, 11) is 0. The summed E-state index contributed by atoms with van der Waals surface area (Å²) in [5, 5.41) is 0. The second-order valence-electron chi connectivity index (χ2n) is 0. The van der Waals surface area contributed by atoms with E-state index in [0.29, 0.717) is 0 Å². The molecule has 0 saturated heterocycles. The van der Waals surface area contributed by atoms with Crippen LogP contribution in [0.5, 0.6) is 0 Å². The van der Waals surface area contributed by atoms with Crippen LogP contribution in [0.1, 0.15) is 0 Å². The van der Waals surface area contributed by atoms with E-state index in [4.69, 9.17) is 0 Å². The fourth-order valence-corrected chi connectivity index (χ4v) is 0. The van der Waals surface area contributed by atoms with Crippen molar-refractivity contribution in [3.63, 3.8) is 0 Å². The zero-order valence-corrected chi connectivity index (χ0v) is 14.7. The Morgan fingerprint density at radius 2 is 0.333 bits per heavy atom. The fraction of sp³-hybridized carbons (Fsp3) is 0. The van der Waals surface area contributed by atoms with E-state index in [1.165, 1.54) is 0 Å². The predicted octanol–water partition coefficient (Wildman–Crippen LogP) is -0.604. The molecular formula is Nb2O5Ta2. The molecule has 0 N–H and O–H groups in total. The van der Waals surface area contributed by atoms with Crippen LogP contribution in [0.4, 0.5) is 0 Å². The van der Waals surface area contributed by atoms with Crippen molar-refractivity contribution >= 4 is 0 Å². The van der Waals surface area contributed by atoms with Crippen LogP contribution in [0.2, 0.25) is 0 Å². The molecule has 0 atom stereocenters. The number of hydrogen-bond donors (Lipinski definition) is 0. The van der Waals surface area contributed by atoms with Crippen LogP contribution in [-0.2, 0) is 117 Å². The Kier molecular flexibility index (Phi) is 2670. The first-order valence-corrected chi connectivity index (χ1v) is 0. The SMILES string of the molecule is [Nb].[Nb].[O-2].[O-2].[O-2].[O-2].[O-2].[Ta+5].[Ta+5]. The molecule has 0 aliphatic carbocycles. The van der Waals surface area contributed by atoms with Gasteiger partial charge < -0.3 is 27.4 Å². The van der Waals surface area contributed by atoms with Gasteiger partial charge in [0.1, 0.15) is 0 Å². The van der Waals surface area contributed by atoms with Crippen molar-refractivity contribution in [3.8, 4) is 0 Å². The fourth-order valence-electron chi connectivity index (χ4n) is 0. The zero-order valence-electron chi connectivity index (χ0n) is 3.83. The van der Waals surface area contributed by atoms with Gasteiger partial charge >= 0.3 is 44.8 Å². The van der Waals surface area contributed by atoms with E-state index in [0.717, 1.165) is 0 Å². The Morgan fingerprint density at radius 1 is 0.333 bits per heavy atom. The van der Waals surface area contributed by atoms with Crippen LogP contribution in [0.3, 0.4) is 0 Å². The minimum Gasteiger partial charge on any atom is -2.00 e. The molecule has 50 valence electrons. The standard InChI is InChI=1S/2Nb.5O.2Ta/q;;5*-2;2*+5. The first kappa shape index (κ1) is 179. The summed E-state index contributed by atoms with van der Waals surface area (Å²) >= 11 is 0. The van der Waals surface area contributed by atoms with E-state index in [2.05, 4.69) is 0 Å². The molecule has 9 heteroatoms. The molecule has 0 aliphatic heterocycles. The van der Waals surface area contributed by atoms with Gasteiger partial charge in [-0.25, -0.2) is 0 Å².